The zero-order valence-electron chi connectivity index (χ0n) is 18.9. The minimum absolute atomic E-state index is 0.0704. The van der Waals surface area contributed by atoms with Crippen LogP contribution in [0.1, 0.15) is 62.4 Å². The van der Waals surface area contributed by atoms with Crippen LogP contribution in [0.2, 0.25) is 0 Å². The van der Waals surface area contributed by atoms with Gasteiger partial charge in [-0.2, -0.15) is 9.61 Å². The van der Waals surface area contributed by atoms with Gasteiger partial charge in [-0.1, -0.05) is 26.0 Å². The van der Waals surface area contributed by atoms with Crippen molar-refractivity contribution in [2.45, 2.75) is 59.0 Å². The summed E-state index contributed by atoms with van der Waals surface area (Å²) in [6.07, 6.45) is 9.14. The molecule has 0 unspecified atom stereocenters. The summed E-state index contributed by atoms with van der Waals surface area (Å²) in [5, 5.41) is 18.0. The molecular weight excluding hydrogens is 410 g/mol. The number of hydrogen-bond donors (Lipinski definition) is 2. The van der Waals surface area contributed by atoms with Gasteiger partial charge in [-0.15, -0.1) is 0 Å². The lowest BCUT2D eigenvalue weighted by molar-refractivity contribution is -0.129. The van der Waals surface area contributed by atoms with Gasteiger partial charge >= 0.3 is 0 Å². The number of rotatable bonds is 6. The highest BCUT2D eigenvalue weighted by Crippen LogP contribution is 2.26. The van der Waals surface area contributed by atoms with Gasteiger partial charge in [0.2, 0.25) is 11.8 Å². The van der Waals surface area contributed by atoms with E-state index in [-0.39, 0.29) is 29.3 Å². The summed E-state index contributed by atoms with van der Waals surface area (Å²) in [4.78, 5) is 39.1. The SMILES string of the molecule is CC(=O)N1CCC(/C=C/c2cnn3c(=O)c(C(=O)NC4CC4)c(O)n(CC(C)C)c23)CC1. The van der Waals surface area contributed by atoms with Crippen LogP contribution in [0.15, 0.2) is 17.1 Å². The second kappa shape index (κ2) is 8.80. The van der Waals surface area contributed by atoms with Gasteiger partial charge in [0.05, 0.1) is 6.20 Å². The molecule has 2 fully saturated rings. The summed E-state index contributed by atoms with van der Waals surface area (Å²) in [6.45, 7) is 7.51. The standard InChI is InChI=1S/C23H31N5O4/c1-14(2)13-27-21-17(5-4-16-8-10-26(11-9-16)15(3)29)12-24-28(21)23(32)19(22(27)31)20(30)25-18-6-7-18/h4-5,12,14,16,18,31H,6-11,13H2,1-3H3,(H,25,30)/b5-4+. The second-order valence-electron chi connectivity index (χ2n) is 9.29. The van der Waals surface area contributed by atoms with Crippen molar-refractivity contribution in [3.05, 3.63) is 33.8 Å². The highest BCUT2D eigenvalue weighted by atomic mass is 16.3. The Hall–Kier alpha value is -3.10. The Kier molecular flexibility index (Phi) is 6.08. The van der Waals surface area contributed by atoms with E-state index in [1.807, 2.05) is 24.8 Å². The van der Waals surface area contributed by atoms with Crippen LogP contribution in [0.25, 0.3) is 11.7 Å². The molecular formula is C23H31N5O4. The van der Waals surface area contributed by atoms with Crippen molar-refractivity contribution in [1.29, 1.82) is 0 Å². The molecule has 172 valence electrons. The van der Waals surface area contributed by atoms with Crippen LogP contribution in [0.4, 0.5) is 0 Å². The monoisotopic (exact) mass is 441 g/mol. The third kappa shape index (κ3) is 4.42. The van der Waals surface area contributed by atoms with Crippen LogP contribution < -0.4 is 10.9 Å². The maximum absolute atomic E-state index is 13.1. The number of amides is 2. The summed E-state index contributed by atoms with van der Waals surface area (Å²) >= 11 is 0. The molecule has 2 aromatic heterocycles. The largest absolute Gasteiger partial charge is 0.494 e. The Labute approximate surface area is 186 Å². The quantitative estimate of drug-likeness (QED) is 0.713. The van der Waals surface area contributed by atoms with Gasteiger partial charge in [0.1, 0.15) is 5.65 Å². The summed E-state index contributed by atoms with van der Waals surface area (Å²) in [5.74, 6) is -0.277. The van der Waals surface area contributed by atoms with Crippen LogP contribution in [0.3, 0.4) is 0 Å². The Morgan fingerprint density at radius 2 is 1.94 bits per heavy atom. The number of nitrogens with one attached hydrogen (secondary N) is 1. The molecule has 0 bridgehead atoms. The Morgan fingerprint density at radius 3 is 2.53 bits per heavy atom. The number of allylic oxidation sites excluding steroid dienone is 1. The van der Waals surface area contributed by atoms with E-state index < -0.39 is 11.5 Å². The summed E-state index contributed by atoms with van der Waals surface area (Å²) < 4.78 is 2.82. The van der Waals surface area contributed by atoms with E-state index in [1.165, 1.54) is 4.52 Å². The van der Waals surface area contributed by atoms with Crippen molar-refractivity contribution in [3.8, 4) is 5.88 Å². The molecule has 0 radical (unpaired) electrons. The van der Waals surface area contributed by atoms with Crippen molar-refractivity contribution in [1.82, 2.24) is 24.4 Å². The summed E-state index contributed by atoms with van der Waals surface area (Å²) in [5.41, 5.74) is 0.299. The van der Waals surface area contributed by atoms with E-state index >= 15 is 0 Å². The summed E-state index contributed by atoms with van der Waals surface area (Å²) in [6, 6.07) is 0.0704. The number of likely N-dealkylation sites (tertiary alicyclic amines) is 1. The third-order valence-corrected chi connectivity index (χ3v) is 6.13. The van der Waals surface area contributed by atoms with E-state index in [9.17, 15) is 19.5 Å². The van der Waals surface area contributed by atoms with Crippen LogP contribution in [-0.2, 0) is 11.3 Å². The first-order valence-corrected chi connectivity index (χ1v) is 11.3. The lowest BCUT2D eigenvalue weighted by Crippen LogP contribution is -2.36. The Morgan fingerprint density at radius 1 is 1.25 bits per heavy atom. The van der Waals surface area contributed by atoms with E-state index in [4.69, 9.17) is 0 Å². The van der Waals surface area contributed by atoms with Crippen molar-refractivity contribution in [3.63, 3.8) is 0 Å². The average molecular weight is 442 g/mol. The second-order valence-corrected chi connectivity index (χ2v) is 9.29. The van der Waals surface area contributed by atoms with Crippen LogP contribution in [0.5, 0.6) is 5.88 Å². The molecule has 32 heavy (non-hydrogen) atoms. The first-order valence-electron chi connectivity index (χ1n) is 11.3. The molecule has 4 rings (SSSR count). The van der Waals surface area contributed by atoms with Gasteiger partial charge in [-0.05, 0) is 37.5 Å². The zero-order chi connectivity index (χ0) is 23.0. The van der Waals surface area contributed by atoms with Gasteiger partial charge in [-0.25, -0.2) is 0 Å². The van der Waals surface area contributed by atoms with Crippen LogP contribution in [-0.4, -0.2) is 55.1 Å². The smallest absolute Gasteiger partial charge is 0.291 e. The van der Waals surface area contributed by atoms with Crippen molar-refractivity contribution < 1.29 is 14.7 Å². The van der Waals surface area contributed by atoms with E-state index in [0.29, 0.717) is 23.7 Å². The highest BCUT2D eigenvalue weighted by Gasteiger charge is 2.30. The molecule has 9 heteroatoms. The van der Waals surface area contributed by atoms with E-state index in [2.05, 4.69) is 16.5 Å². The number of carbonyl (C=O) groups excluding carboxylic acids is 2. The van der Waals surface area contributed by atoms with Crippen molar-refractivity contribution in [2.24, 2.45) is 11.8 Å². The Balaban J connectivity index is 1.69. The summed E-state index contributed by atoms with van der Waals surface area (Å²) in [7, 11) is 0. The molecule has 0 atom stereocenters. The topological polar surface area (TPSA) is 109 Å². The van der Waals surface area contributed by atoms with E-state index in [0.717, 1.165) is 38.8 Å². The fourth-order valence-electron chi connectivity index (χ4n) is 4.20. The molecule has 0 spiro atoms. The number of aromatic nitrogens is 3. The fourth-order valence-corrected chi connectivity index (χ4v) is 4.20. The van der Waals surface area contributed by atoms with E-state index in [1.54, 1.807) is 17.7 Å². The maximum Gasteiger partial charge on any atom is 0.291 e. The molecule has 2 aromatic rings. The molecule has 1 aliphatic carbocycles. The first kappa shape index (κ1) is 22.1. The molecule has 9 nitrogen and oxygen atoms in total. The molecule has 2 aliphatic rings. The number of fused-ring (bicyclic) bond motifs is 1. The molecule has 0 aromatic carbocycles. The lowest BCUT2D eigenvalue weighted by atomic mass is 9.96. The van der Waals surface area contributed by atoms with Gasteiger partial charge < -0.3 is 15.3 Å². The zero-order valence-corrected chi connectivity index (χ0v) is 18.9. The van der Waals surface area contributed by atoms with Crippen LogP contribution >= 0.6 is 0 Å². The number of piperidine rings is 1. The predicted molar refractivity (Wildman–Crippen MR) is 120 cm³/mol. The third-order valence-electron chi connectivity index (χ3n) is 6.13. The highest BCUT2D eigenvalue weighted by molar-refractivity contribution is 5.96. The molecule has 2 amide bonds. The molecule has 3 heterocycles. The maximum atomic E-state index is 13.1. The van der Waals surface area contributed by atoms with Gasteiger partial charge in [0.15, 0.2) is 5.56 Å². The molecule has 1 saturated heterocycles. The Bertz CT molecular complexity index is 1120. The minimum atomic E-state index is -0.620. The number of nitrogens with zero attached hydrogens (tertiary/aromatic N) is 4. The normalized spacial score (nSPS) is 17.6. The van der Waals surface area contributed by atoms with Crippen LogP contribution in [0, 0.1) is 11.8 Å². The molecule has 2 N–H and O–H groups in total. The van der Waals surface area contributed by atoms with Crippen molar-refractivity contribution >= 4 is 23.5 Å². The number of carbonyl (C=O) groups is 2. The predicted octanol–water partition coefficient (Wildman–Crippen LogP) is 2.02. The van der Waals surface area contributed by atoms with Crippen molar-refractivity contribution in [2.75, 3.05) is 13.1 Å². The fraction of sp³-hybridized carbons (Fsp3) is 0.565. The van der Waals surface area contributed by atoms with Gasteiger partial charge in [0.25, 0.3) is 11.5 Å². The number of aromatic hydroxyl groups is 1. The lowest BCUT2D eigenvalue weighted by Gasteiger charge is -2.29. The minimum Gasteiger partial charge on any atom is -0.494 e. The average Bonchev–Trinajstić information content (AvgIpc) is 3.45. The first-order chi connectivity index (χ1) is 15.3. The number of hydrogen-bond acceptors (Lipinski definition) is 5. The molecule has 1 saturated carbocycles. The van der Waals surface area contributed by atoms with Gasteiger partial charge in [-0.3, -0.25) is 19.0 Å². The van der Waals surface area contributed by atoms with Gasteiger partial charge in [0, 0.05) is 38.2 Å². The molecule has 1 aliphatic heterocycles.